The molecule has 3 aromatic heterocycles. The van der Waals surface area contributed by atoms with Crippen molar-refractivity contribution in [3.63, 3.8) is 0 Å². The molecule has 0 atom stereocenters. The summed E-state index contributed by atoms with van der Waals surface area (Å²) < 4.78 is 0. The van der Waals surface area contributed by atoms with Gasteiger partial charge in [-0.25, -0.2) is 0 Å². The zero-order chi connectivity index (χ0) is 14.9. The van der Waals surface area contributed by atoms with Gasteiger partial charge in [0.25, 0.3) is 0 Å². The molecule has 22 heavy (non-hydrogen) atoms. The standard InChI is InChI=1S/C19H15N3/c1-13-4-2-6-18(22-13)17-9-16-8-15(10-19(16)21-12-17)14-5-3-7-20-11-14/h2-9,11-12H,10H2,1H3. The Morgan fingerprint density at radius 1 is 1.00 bits per heavy atom. The van der Waals surface area contributed by atoms with Crippen LogP contribution in [0.15, 0.2) is 55.0 Å². The van der Waals surface area contributed by atoms with E-state index < -0.39 is 0 Å². The molecule has 1 aliphatic carbocycles. The number of hydrogen-bond acceptors (Lipinski definition) is 3. The van der Waals surface area contributed by atoms with Crippen molar-refractivity contribution in [3.8, 4) is 11.3 Å². The van der Waals surface area contributed by atoms with Crippen LogP contribution in [0.1, 0.15) is 22.5 Å². The van der Waals surface area contributed by atoms with E-state index in [-0.39, 0.29) is 0 Å². The van der Waals surface area contributed by atoms with Crippen molar-refractivity contribution in [2.24, 2.45) is 0 Å². The predicted octanol–water partition coefficient (Wildman–Crippen LogP) is 3.94. The van der Waals surface area contributed by atoms with Crippen LogP contribution in [0.2, 0.25) is 0 Å². The molecule has 0 aromatic carbocycles. The molecule has 0 aliphatic heterocycles. The number of hydrogen-bond donors (Lipinski definition) is 0. The Kier molecular flexibility index (Phi) is 3.04. The van der Waals surface area contributed by atoms with Crippen LogP contribution in [0, 0.1) is 6.92 Å². The van der Waals surface area contributed by atoms with E-state index in [1.807, 2.05) is 43.6 Å². The van der Waals surface area contributed by atoms with Crippen molar-refractivity contribution >= 4 is 11.6 Å². The van der Waals surface area contributed by atoms with Crippen LogP contribution in [0.25, 0.3) is 22.9 Å². The minimum absolute atomic E-state index is 0.864. The van der Waals surface area contributed by atoms with Crippen LogP contribution < -0.4 is 0 Å². The maximum absolute atomic E-state index is 4.63. The first kappa shape index (κ1) is 12.9. The van der Waals surface area contributed by atoms with Gasteiger partial charge in [-0.3, -0.25) is 15.0 Å². The Labute approximate surface area is 129 Å². The van der Waals surface area contributed by atoms with Crippen molar-refractivity contribution < 1.29 is 0 Å². The maximum Gasteiger partial charge on any atom is 0.0720 e. The van der Waals surface area contributed by atoms with Crippen LogP contribution in [0.5, 0.6) is 0 Å². The number of fused-ring (bicyclic) bond motifs is 1. The van der Waals surface area contributed by atoms with Gasteiger partial charge < -0.3 is 0 Å². The van der Waals surface area contributed by atoms with Gasteiger partial charge in [0.05, 0.1) is 11.4 Å². The largest absolute Gasteiger partial charge is 0.264 e. The number of aromatic nitrogens is 3. The molecule has 0 spiro atoms. The lowest BCUT2D eigenvalue weighted by atomic mass is 10.1. The first-order valence-corrected chi connectivity index (χ1v) is 7.33. The molecule has 0 unspecified atom stereocenters. The van der Waals surface area contributed by atoms with Crippen LogP contribution in [-0.2, 0) is 6.42 Å². The quantitative estimate of drug-likeness (QED) is 0.715. The van der Waals surface area contributed by atoms with E-state index in [2.05, 4.69) is 33.2 Å². The molecule has 3 nitrogen and oxygen atoms in total. The molecule has 106 valence electrons. The second kappa shape index (κ2) is 5.19. The molecule has 1 aliphatic rings. The van der Waals surface area contributed by atoms with Crippen LogP contribution in [0.4, 0.5) is 0 Å². The highest BCUT2D eigenvalue weighted by Crippen LogP contribution is 2.32. The minimum atomic E-state index is 0.864. The van der Waals surface area contributed by atoms with E-state index in [1.54, 1.807) is 6.20 Å². The van der Waals surface area contributed by atoms with Gasteiger partial charge in [0.1, 0.15) is 0 Å². The molecule has 0 fully saturated rings. The van der Waals surface area contributed by atoms with Gasteiger partial charge in [-0.1, -0.05) is 12.1 Å². The molecule has 3 heteroatoms. The van der Waals surface area contributed by atoms with Crippen molar-refractivity contribution in [2.45, 2.75) is 13.3 Å². The van der Waals surface area contributed by atoms with Gasteiger partial charge in [-0.15, -0.1) is 0 Å². The summed E-state index contributed by atoms with van der Waals surface area (Å²) in [4.78, 5) is 13.4. The van der Waals surface area contributed by atoms with E-state index in [9.17, 15) is 0 Å². The molecular weight excluding hydrogens is 270 g/mol. The zero-order valence-electron chi connectivity index (χ0n) is 12.3. The SMILES string of the molecule is Cc1cccc(-c2cnc3c(c2)C=C(c2cccnc2)C3)n1. The normalized spacial score (nSPS) is 12.9. The van der Waals surface area contributed by atoms with Gasteiger partial charge in [-0.05, 0) is 54.0 Å². The Hall–Kier alpha value is -2.81. The lowest BCUT2D eigenvalue weighted by molar-refractivity contribution is 1.12. The number of nitrogens with zero attached hydrogens (tertiary/aromatic N) is 3. The zero-order valence-corrected chi connectivity index (χ0v) is 12.3. The molecule has 0 N–H and O–H groups in total. The Morgan fingerprint density at radius 3 is 2.77 bits per heavy atom. The predicted molar refractivity (Wildman–Crippen MR) is 88.0 cm³/mol. The van der Waals surface area contributed by atoms with E-state index in [1.165, 1.54) is 11.1 Å². The van der Waals surface area contributed by atoms with Gasteiger partial charge >= 0.3 is 0 Å². The summed E-state index contributed by atoms with van der Waals surface area (Å²) in [6.07, 6.45) is 8.69. The van der Waals surface area contributed by atoms with Gasteiger partial charge in [0.15, 0.2) is 0 Å². The molecule has 3 heterocycles. The third kappa shape index (κ3) is 2.31. The van der Waals surface area contributed by atoms with E-state index in [0.29, 0.717) is 0 Å². The van der Waals surface area contributed by atoms with Crippen LogP contribution in [-0.4, -0.2) is 15.0 Å². The fourth-order valence-electron chi connectivity index (χ4n) is 2.78. The van der Waals surface area contributed by atoms with E-state index in [4.69, 9.17) is 0 Å². The first-order chi connectivity index (χ1) is 10.8. The van der Waals surface area contributed by atoms with Crippen molar-refractivity contribution in [1.82, 2.24) is 15.0 Å². The molecular formula is C19H15N3. The summed E-state index contributed by atoms with van der Waals surface area (Å²) in [5.41, 5.74) is 7.78. The van der Waals surface area contributed by atoms with Crippen LogP contribution >= 0.6 is 0 Å². The molecule has 0 saturated heterocycles. The minimum Gasteiger partial charge on any atom is -0.264 e. The van der Waals surface area contributed by atoms with Crippen LogP contribution in [0.3, 0.4) is 0 Å². The van der Waals surface area contributed by atoms with Crippen molar-refractivity contribution in [1.29, 1.82) is 0 Å². The third-order valence-corrected chi connectivity index (χ3v) is 3.91. The third-order valence-electron chi connectivity index (χ3n) is 3.91. The maximum atomic E-state index is 4.63. The number of pyridine rings is 3. The highest BCUT2D eigenvalue weighted by atomic mass is 14.7. The highest BCUT2D eigenvalue weighted by molar-refractivity contribution is 5.88. The van der Waals surface area contributed by atoms with Gasteiger partial charge in [0, 0.05) is 36.3 Å². The lowest BCUT2D eigenvalue weighted by Crippen LogP contribution is -1.92. The average molecular weight is 285 g/mol. The molecule has 4 rings (SSSR count). The summed E-state index contributed by atoms with van der Waals surface area (Å²) in [6, 6.07) is 12.3. The number of rotatable bonds is 2. The summed E-state index contributed by atoms with van der Waals surface area (Å²) in [5, 5.41) is 0. The molecule has 0 radical (unpaired) electrons. The summed E-state index contributed by atoms with van der Waals surface area (Å²) in [5.74, 6) is 0. The second-order valence-electron chi connectivity index (χ2n) is 5.51. The van der Waals surface area contributed by atoms with Gasteiger partial charge in [0.2, 0.25) is 0 Å². The number of aryl methyl sites for hydroxylation is 1. The Balaban J connectivity index is 1.73. The first-order valence-electron chi connectivity index (χ1n) is 7.33. The Bertz CT molecular complexity index is 867. The summed E-state index contributed by atoms with van der Waals surface area (Å²) in [6.45, 7) is 2.00. The second-order valence-corrected chi connectivity index (χ2v) is 5.51. The molecule has 0 amide bonds. The number of allylic oxidation sites excluding steroid dienone is 1. The van der Waals surface area contributed by atoms with Crippen molar-refractivity contribution in [3.05, 3.63) is 77.5 Å². The molecule has 0 saturated carbocycles. The van der Waals surface area contributed by atoms with E-state index in [0.717, 1.165) is 34.6 Å². The fourth-order valence-corrected chi connectivity index (χ4v) is 2.78. The topological polar surface area (TPSA) is 38.7 Å². The molecule has 0 bridgehead atoms. The lowest BCUT2D eigenvalue weighted by Gasteiger charge is -2.04. The monoisotopic (exact) mass is 285 g/mol. The van der Waals surface area contributed by atoms with Crippen molar-refractivity contribution in [2.75, 3.05) is 0 Å². The molecule has 3 aromatic rings. The van der Waals surface area contributed by atoms with Gasteiger partial charge in [-0.2, -0.15) is 0 Å². The fraction of sp³-hybridized carbons (Fsp3) is 0.105. The Morgan fingerprint density at radius 2 is 1.95 bits per heavy atom. The summed E-state index contributed by atoms with van der Waals surface area (Å²) in [7, 11) is 0. The average Bonchev–Trinajstić information content (AvgIpc) is 2.99. The highest BCUT2D eigenvalue weighted by Gasteiger charge is 2.16. The van der Waals surface area contributed by atoms with E-state index >= 15 is 0 Å². The smallest absolute Gasteiger partial charge is 0.0720 e. The summed E-state index contributed by atoms with van der Waals surface area (Å²) >= 11 is 0.